The molecule has 0 radical (unpaired) electrons. The highest BCUT2D eigenvalue weighted by atomic mass is 19.4. The lowest BCUT2D eigenvalue weighted by molar-refractivity contribution is -0.143. The second-order valence-corrected chi connectivity index (χ2v) is 9.85. The molecule has 6 nitrogen and oxygen atoms in total. The molecule has 1 aromatic heterocycles. The molecule has 12 heteroatoms. The van der Waals surface area contributed by atoms with Crippen LogP contribution in [-0.2, 0) is 36.8 Å². The van der Waals surface area contributed by atoms with Gasteiger partial charge in [0.2, 0.25) is 0 Å². The van der Waals surface area contributed by atoms with Gasteiger partial charge in [-0.3, -0.25) is 9.58 Å². The first-order valence-electron chi connectivity index (χ1n) is 12.1. The monoisotopic (exact) mass is 528 g/mol. The summed E-state index contributed by atoms with van der Waals surface area (Å²) < 4.78 is 85.7. The molecule has 1 saturated heterocycles. The number of benzene rings is 1. The second-order valence-electron chi connectivity index (χ2n) is 9.85. The summed E-state index contributed by atoms with van der Waals surface area (Å²) in [7, 11) is 2.13. The van der Waals surface area contributed by atoms with E-state index >= 15 is 0 Å². The van der Waals surface area contributed by atoms with Crippen molar-refractivity contribution in [1.82, 2.24) is 19.6 Å². The van der Waals surface area contributed by atoms with E-state index in [4.69, 9.17) is 9.84 Å². The van der Waals surface area contributed by atoms with Gasteiger partial charge in [0.05, 0.1) is 29.1 Å². The Balaban J connectivity index is 1.28. The van der Waals surface area contributed by atoms with Gasteiger partial charge >= 0.3 is 18.4 Å². The van der Waals surface area contributed by atoms with E-state index in [1.807, 2.05) is 10.7 Å². The molecular formula is C25H26F6N4O2. The van der Waals surface area contributed by atoms with Gasteiger partial charge in [-0.25, -0.2) is 4.79 Å². The Hall–Kier alpha value is -3.02. The SMILES string of the molecule is CN1C2C=C(c3cc4n(n3)CCCN(C(=O)OCc3cc(C(F)(F)F)cc(C(F)(F)F)c3)C4)CC1CC2. The normalized spacial score (nSPS) is 22.5. The summed E-state index contributed by atoms with van der Waals surface area (Å²) in [4.78, 5) is 16.5. The molecule has 1 fully saturated rings. The predicted octanol–water partition coefficient (Wildman–Crippen LogP) is 5.71. The van der Waals surface area contributed by atoms with E-state index in [9.17, 15) is 31.1 Å². The number of aromatic nitrogens is 2. The summed E-state index contributed by atoms with van der Waals surface area (Å²) >= 11 is 0. The molecule has 3 aliphatic rings. The molecule has 4 heterocycles. The highest BCUT2D eigenvalue weighted by molar-refractivity contribution is 5.68. The Kier molecular flexibility index (Phi) is 6.49. The van der Waals surface area contributed by atoms with E-state index in [2.05, 4.69) is 18.0 Å². The number of nitrogens with zero attached hydrogens (tertiary/aromatic N) is 4. The zero-order chi connectivity index (χ0) is 26.5. The van der Waals surface area contributed by atoms with Gasteiger partial charge in [0, 0.05) is 25.2 Å². The summed E-state index contributed by atoms with van der Waals surface area (Å²) in [6, 6.07) is 4.01. The number of carbonyl (C=O) groups is 1. The minimum absolute atomic E-state index is 0.0457. The van der Waals surface area contributed by atoms with Gasteiger partial charge in [-0.2, -0.15) is 31.4 Å². The van der Waals surface area contributed by atoms with Crippen molar-refractivity contribution in [2.24, 2.45) is 0 Å². The number of halogens is 6. The summed E-state index contributed by atoms with van der Waals surface area (Å²) in [6.45, 7) is 0.381. The van der Waals surface area contributed by atoms with Gasteiger partial charge in [-0.05, 0) is 68.1 Å². The van der Waals surface area contributed by atoms with Crippen LogP contribution in [0.3, 0.4) is 0 Å². The first kappa shape index (κ1) is 25.6. The van der Waals surface area contributed by atoms with Crippen LogP contribution in [0, 0.1) is 0 Å². The average molecular weight is 528 g/mol. The van der Waals surface area contributed by atoms with Crippen LogP contribution in [0.1, 0.15) is 53.8 Å². The third-order valence-corrected chi connectivity index (χ3v) is 7.35. The highest BCUT2D eigenvalue weighted by Gasteiger charge is 2.37. The van der Waals surface area contributed by atoms with Crippen molar-refractivity contribution in [3.05, 3.63) is 58.4 Å². The molecule has 0 N–H and O–H groups in total. The Labute approximate surface area is 209 Å². The largest absolute Gasteiger partial charge is 0.445 e. The smallest absolute Gasteiger partial charge is 0.416 e. The molecule has 2 atom stereocenters. The first-order chi connectivity index (χ1) is 17.4. The predicted molar refractivity (Wildman–Crippen MR) is 121 cm³/mol. The molecule has 2 aromatic rings. The molecule has 5 rings (SSSR count). The molecule has 0 aliphatic carbocycles. The maximum absolute atomic E-state index is 13.1. The fourth-order valence-corrected chi connectivity index (χ4v) is 5.35. The number of likely N-dealkylation sites (N-methyl/N-ethyl adjacent to an activating group) is 1. The summed E-state index contributed by atoms with van der Waals surface area (Å²) in [5.41, 5.74) is -0.423. The van der Waals surface area contributed by atoms with Gasteiger partial charge < -0.3 is 9.64 Å². The fraction of sp³-hybridized carbons (Fsp3) is 0.520. The third kappa shape index (κ3) is 5.34. The number of hydrogen-bond acceptors (Lipinski definition) is 4. The van der Waals surface area contributed by atoms with Crippen molar-refractivity contribution in [3.63, 3.8) is 0 Å². The molecule has 0 spiro atoms. The van der Waals surface area contributed by atoms with Gasteiger partial charge in [-0.15, -0.1) is 0 Å². The molecule has 3 aliphatic heterocycles. The van der Waals surface area contributed by atoms with Crippen LogP contribution >= 0.6 is 0 Å². The van der Waals surface area contributed by atoms with Gasteiger partial charge in [-0.1, -0.05) is 6.08 Å². The minimum atomic E-state index is -4.97. The van der Waals surface area contributed by atoms with Crippen molar-refractivity contribution in [3.8, 4) is 0 Å². The molecule has 1 aromatic carbocycles. The summed E-state index contributed by atoms with van der Waals surface area (Å²) in [5.74, 6) is 0. The Morgan fingerprint density at radius 2 is 1.73 bits per heavy atom. The Bertz CT molecular complexity index is 1190. The highest BCUT2D eigenvalue weighted by Crippen LogP contribution is 2.38. The van der Waals surface area contributed by atoms with Crippen molar-refractivity contribution >= 4 is 11.7 Å². The third-order valence-electron chi connectivity index (χ3n) is 7.35. The molecule has 200 valence electrons. The molecule has 2 bridgehead atoms. The van der Waals surface area contributed by atoms with Gasteiger partial charge in [0.1, 0.15) is 6.61 Å². The first-order valence-corrected chi connectivity index (χ1v) is 12.1. The zero-order valence-electron chi connectivity index (χ0n) is 20.1. The van der Waals surface area contributed by atoms with E-state index in [1.54, 1.807) is 0 Å². The minimum Gasteiger partial charge on any atom is -0.445 e. The average Bonchev–Trinajstić information content (AvgIpc) is 3.20. The number of hydrogen-bond donors (Lipinski definition) is 0. The molecule has 0 saturated carbocycles. The van der Waals surface area contributed by atoms with Crippen LogP contribution in [0.25, 0.3) is 5.57 Å². The van der Waals surface area contributed by atoms with Crippen LogP contribution in [-0.4, -0.2) is 51.3 Å². The lowest BCUT2D eigenvalue weighted by Crippen LogP contribution is -2.34. The van der Waals surface area contributed by atoms with Crippen LogP contribution < -0.4 is 0 Å². The molecule has 37 heavy (non-hydrogen) atoms. The lowest BCUT2D eigenvalue weighted by Gasteiger charge is -2.29. The topological polar surface area (TPSA) is 50.6 Å². The van der Waals surface area contributed by atoms with Crippen molar-refractivity contribution < 1.29 is 35.9 Å². The number of aryl methyl sites for hydroxylation is 1. The number of rotatable bonds is 3. The number of alkyl halides is 6. The maximum atomic E-state index is 13.1. The van der Waals surface area contributed by atoms with Crippen LogP contribution in [0.5, 0.6) is 0 Å². The second kappa shape index (κ2) is 9.38. The number of fused-ring (bicyclic) bond motifs is 3. The molecule has 2 unspecified atom stereocenters. The van der Waals surface area contributed by atoms with Crippen molar-refractivity contribution in [2.75, 3.05) is 13.6 Å². The molecule has 1 amide bonds. The van der Waals surface area contributed by atoms with E-state index in [0.717, 1.165) is 30.7 Å². The van der Waals surface area contributed by atoms with E-state index < -0.39 is 36.2 Å². The van der Waals surface area contributed by atoms with Crippen LogP contribution in [0.2, 0.25) is 0 Å². The van der Waals surface area contributed by atoms with Gasteiger partial charge in [0.25, 0.3) is 0 Å². The Morgan fingerprint density at radius 3 is 2.38 bits per heavy atom. The quantitative estimate of drug-likeness (QED) is 0.479. The number of ether oxygens (including phenoxy) is 1. The molecular weight excluding hydrogens is 502 g/mol. The van der Waals surface area contributed by atoms with Crippen molar-refractivity contribution in [2.45, 2.75) is 69.8 Å². The lowest BCUT2D eigenvalue weighted by atomic mass is 9.99. The standard InChI is InChI=1S/C25H26F6N4O2/c1-33-19-3-4-20(33)10-16(9-19)22-12-21-13-34(5-2-6-35(21)32-22)23(36)37-14-15-7-17(24(26,27)28)11-18(8-15)25(29,30)31/h7-9,11-12,19-20H,2-6,10,13-14H2,1H3. The number of amides is 1. The van der Waals surface area contributed by atoms with E-state index in [0.29, 0.717) is 43.7 Å². The van der Waals surface area contributed by atoms with Gasteiger partial charge in [0.15, 0.2) is 0 Å². The Morgan fingerprint density at radius 1 is 1.03 bits per heavy atom. The zero-order valence-corrected chi connectivity index (χ0v) is 20.1. The number of carbonyl (C=O) groups excluding carboxylic acids is 1. The van der Waals surface area contributed by atoms with Crippen LogP contribution in [0.4, 0.5) is 31.1 Å². The van der Waals surface area contributed by atoms with Crippen molar-refractivity contribution in [1.29, 1.82) is 0 Å². The summed E-state index contributed by atoms with van der Waals surface area (Å²) in [6.07, 6.45) is -4.74. The fourth-order valence-electron chi connectivity index (χ4n) is 5.35. The van der Waals surface area contributed by atoms with E-state index in [1.165, 1.54) is 10.5 Å². The summed E-state index contributed by atoms with van der Waals surface area (Å²) in [5, 5.41) is 4.75. The van der Waals surface area contributed by atoms with E-state index in [-0.39, 0.29) is 18.2 Å². The van der Waals surface area contributed by atoms with Crippen LogP contribution in [0.15, 0.2) is 30.3 Å². The maximum Gasteiger partial charge on any atom is 0.416 e.